The minimum Gasteiger partial charge on any atom is -0.507 e. The fourth-order valence-electron chi connectivity index (χ4n) is 2.22. The van der Waals surface area contributed by atoms with Crippen molar-refractivity contribution < 1.29 is 19.4 Å². The van der Waals surface area contributed by atoms with Crippen molar-refractivity contribution in [2.45, 2.75) is 31.9 Å². The van der Waals surface area contributed by atoms with Gasteiger partial charge < -0.3 is 19.9 Å². The zero-order valence-corrected chi connectivity index (χ0v) is 11.2. The maximum atomic E-state index is 12.1. The number of nitrogens with one attached hydrogen (secondary N) is 1. The molecule has 1 aromatic carbocycles. The normalized spacial score (nSPS) is 22.8. The minimum atomic E-state index is -0.265. The standard InChI is InChI=1S/C14H19NO4/c1-9-7-10(5-6-19-9)15-14(17)12-4-3-11(18-2)8-13(12)16/h3-4,8-10,16H,5-7H2,1-2H3,(H,15,17). The van der Waals surface area contributed by atoms with E-state index in [-0.39, 0.29) is 29.4 Å². The van der Waals surface area contributed by atoms with E-state index >= 15 is 0 Å². The smallest absolute Gasteiger partial charge is 0.255 e. The van der Waals surface area contributed by atoms with Crippen LogP contribution >= 0.6 is 0 Å². The van der Waals surface area contributed by atoms with Crippen LogP contribution in [0.5, 0.6) is 11.5 Å². The summed E-state index contributed by atoms with van der Waals surface area (Å²) in [6, 6.07) is 4.74. The number of hydrogen-bond donors (Lipinski definition) is 2. The maximum absolute atomic E-state index is 12.1. The second-order valence-electron chi connectivity index (χ2n) is 4.76. The van der Waals surface area contributed by atoms with Crippen LogP contribution in [0.15, 0.2) is 18.2 Å². The number of phenolic OH excluding ortho intramolecular Hbond substituents is 1. The van der Waals surface area contributed by atoms with E-state index in [1.54, 1.807) is 12.1 Å². The van der Waals surface area contributed by atoms with Gasteiger partial charge >= 0.3 is 0 Å². The van der Waals surface area contributed by atoms with Gasteiger partial charge in [0.15, 0.2) is 0 Å². The number of ether oxygens (including phenoxy) is 2. The topological polar surface area (TPSA) is 67.8 Å². The zero-order valence-electron chi connectivity index (χ0n) is 11.2. The number of aromatic hydroxyl groups is 1. The van der Waals surface area contributed by atoms with Crippen LogP contribution in [0.3, 0.4) is 0 Å². The van der Waals surface area contributed by atoms with Gasteiger partial charge in [-0.15, -0.1) is 0 Å². The lowest BCUT2D eigenvalue weighted by atomic mass is 10.0. The molecule has 1 aliphatic rings. The average molecular weight is 265 g/mol. The molecule has 5 heteroatoms. The first-order valence-electron chi connectivity index (χ1n) is 6.39. The molecule has 5 nitrogen and oxygen atoms in total. The van der Waals surface area contributed by atoms with Gasteiger partial charge in [-0.1, -0.05) is 0 Å². The molecule has 0 bridgehead atoms. The summed E-state index contributed by atoms with van der Waals surface area (Å²) >= 11 is 0. The highest BCUT2D eigenvalue weighted by molar-refractivity contribution is 5.97. The van der Waals surface area contributed by atoms with E-state index < -0.39 is 0 Å². The number of hydrogen-bond acceptors (Lipinski definition) is 4. The summed E-state index contributed by atoms with van der Waals surface area (Å²) in [6.45, 7) is 2.64. The summed E-state index contributed by atoms with van der Waals surface area (Å²) < 4.78 is 10.4. The highest BCUT2D eigenvalue weighted by Gasteiger charge is 2.22. The van der Waals surface area contributed by atoms with Crippen molar-refractivity contribution >= 4 is 5.91 Å². The number of methoxy groups -OCH3 is 1. The molecule has 19 heavy (non-hydrogen) atoms. The number of carbonyl (C=O) groups is 1. The number of rotatable bonds is 3. The third-order valence-electron chi connectivity index (χ3n) is 3.27. The van der Waals surface area contributed by atoms with Crippen molar-refractivity contribution in [2.75, 3.05) is 13.7 Å². The molecule has 0 saturated carbocycles. The molecule has 0 spiro atoms. The summed E-state index contributed by atoms with van der Waals surface area (Å²) in [5.74, 6) is 0.185. The molecule has 1 aliphatic heterocycles. The molecular weight excluding hydrogens is 246 g/mol. The Kier molecular flexibility index (Phi) is 4.27. The zero-order chi connectivity index (χ0) is 13.8. The van der Waals surface area contributed by atoms with E-state index in [0.29, 0.717) is 12.4 Å². The largest absolute Gasteiger partial charge is 0.507 e. The third kappa shape index (κ3) is 3.38. The Bertz CT molecular complexity index is 461. The van der Waals surface area contributed by atoms with Gasteiger partial charge in [0.2, 0.25) is 0 Å². The summed E-state index contributed by atoms with van der Waals surface area (Å²) in [5, 5.41) is 12.7. The van der Waals surface area contributed by atoms with E-state index in [4.69, 9.17) is 9.47 Å². The van der Waals surface area contributed by atoms with Crippen LogP contribution in [0.4, 0.5) is 0 Å². The lowest BCUT2D eigenvalue weighted by Gasteiger charge is -2.28. The Labute approximate surface area is 112 Å². The van der Waals surface area contributed by atoms with Crippen LogP contribution < -0.4 is 10.1 Å². The molecule has 0 radical (unpaired) electrons. The van der Waals surface area contributed by atoms with Crippen LogP contribution in [0, 0.1) is 0 Å². The fourth-order valence-corrected chi connectivity index (χ4v) is 2.22. The van der Waals surface area contributed by atoms with E-state index in [2.05, 4.69) is 5.32 Å². The van der Waals surface area contributed by atoms with Crippen LogP contribution in [0.1, 0.15) is 30.1 Å². The first-order valence-corrected chi connectivity index (χ1v) is 6.39. The van der Waals surface area contributed by atoms with Crippen molar-refractivity contribution in [1.29, 1.82) is 0 Å². The van der Waals surface area contributed by atoms with Crippen molar-refractivity contribution in [1.82, 2.24) is 5.32 Å². The van der Waals surface area contributed by atoms with Gasteiger partial charge in [-0.3, -0.25) is 4.79 Å². The van der Waals surface area contributed by atoms with Crippen LogP contribution in [0.25, 0.3) is 0 Å². The maximum Gasteiger partial charge on any atom is 0.255 e. The molecule has 104 valence electrons. The van der Waals surface area contributed by atoms with Crippen molar-refractivity contribution in [3.8, 4) is 11.5 Å². The highest BCUT2D eigenvalue weighted by Crippen LogP contribution is 2.24. The van der Waals surface area contributed by atoms with Gasteiger partial charge in [0.05, 0.1) is 18.8 Å². The van der Waals surface area contributed by atoms with Gasteiger partial charge in [-0.2, -0.15) is 0 Å². The second kappa shape index (κ2) is 5.93. The predicted molar refractivity (Wildman–Crippen MR) is 70.6 cm³/mol. The number of benzene rings is 1. The molecule has 1 aromatic rings. The first-order chi connectivity index (χ1) is 9.10. The molecule has 1 saturated heterocycles. The van der Waals surface area contributed by atoms with Crippen molar-refractivity contribution in [3.63, 3.8) is 0 Å². The summed E-state index contributed by atoms with van der Waals surface area (Å²) in [7, 11) is 1.51. The lowest BCUT2D eigenvalue weighted by Crippen LogP contribution is -2.41. The first kappa shape index (κ1) is 13.7. The predicted octanol–water partition coefficient (Wildman–Crippen LogP) is 1.70. The average Bonchev–Trinajstić information content (AvgIpc) is 2.38. The molecule has 1 amide bonds. The van der Waals surface area contributed by atoms with Gasteiger partial charge in [0.1, 0.15) is 11.5 Å². The molecule has 1 heterocycles. The molecule has 2 unspecified atom stereocenters. The van der Waals surface area contributed by atoms with Crippen molar-refractivity contribution in [2.24, 2.45) is 0 Å². The molecule has 2 rings (SSSR count). The minimum absolute atomic E-state index is 0.0723. The third-order valence-corrected chi connectivity index (χ3v) is 3.27. The Morgan fingerprint density at radius 2 is 2.32 bits per heavy atom. The summed E-state index contributed by atoms with van der Waals surface area (Å²) in [4.78, 5) is 12.1. The van der Waals surface area contributed by atoms with Crippen molar-refractivity contribution in [3.05, 3.63) is 23.8 Å². The molecule has 0 aliphatic carbocycles. The number of carbonyl (C=O) groups excluding carboxylic acids is 1. The SMILES string of the molecule is COc1ccc(C(=O)NC2CCOC(C)C2)c(O)c1. The monoisotopic (exact) mass is 265 g/mol. The molecule has 1 fully saturated rings. The Balaban J connectivity index is 2.03. The number of phenols is 1. The van der Waals surface area contributed by atoms with E-state index in [9.17, 15) is 9.90 Å². The Morgan fingerprint density at radius 1 is 1.53 bits per heavy atom. The highest BCUT2D eigenvalue weighted by atomic mass is 16.5. The summed E-state index contributed by atoms with van der Waals surface area (Å²) in [5.41, 5.74) is 0.264. The second-order valence-corrected chi connectivity index (χ2v) is 4.76. The molecule has 0 aromatic heterocycles. The number of amides is 1. The molecule has 2 atom stereocenters. The Morgan fingerprint density at radius 3 is 2.95 bits per heavy atom. The van der Waals surface area contributed by atoms with E-state index in [1.807, 2.05) is 6.92 Å². The van der Waals surface area contributed by atoms with Gasteiger partial charge in [-0.25, -0.2) is 0 Å². The quantitative estimate of drug-likeness (QED) is 0.873. The molecular formula is C14H19NO4. The lowest BCUT2D eigenvalue weighted by molar-refractivity contribution is 0.0136. The van der Waals surface area contributed by atoms with Crippen LogP contribution in [-0.4, -0.2) is 36.9 Å². The van der Waals surface area contributed by atoms with Gasteiger partial charge in [-0.05, 0) is 31.9 Å². The fraction of sp³-hybridized carbons (Fsp3) is 0.500. The Hall–Kier alpha value is -1.75. The van der Waals surface area contributed by atoms with E-state index in [1.165, 1.54) is 13.2 Å². The summed E-state index contributed by atoms with van der Waals surface area (Å²) in [6.07, 6.45) is 1.75. The van der Waals surface area contributed by atoms with Crippen LogP contribution in [0.2, 0.25) is 0 Å². The van der Waals surface area contributed by atoms with Crippen LogP contribution in [-0.2, 0) is 4.74 Å². The van der Waals surface area contributed by atoms with Gasteiger partial charge in [0.25, 0.3) is 5.91 Å². The molecule has 2 N–H and O–H groups in total. The van der Waals surface area contributed by atoms with Gasteiger partial charge in [0, 0.05) is 18.7 Å². The van der Waals surface area contributed by atoms with E-state index in [0.717, 1.165) is 12.8 Å².